The Balaban J connectivity index is 2.31. The number of nitrogens with zero attached hydrogens (tertiary/aromatic N) is 1. The Morgan fingerprint density at radius 1 is 0.947 bits per heavy atom. The highest BCUT2D eigenvalue weighted by Gasteiger charge is 1.86. The molecule has 2 heterocycles. The molecule has 96 valence electrons. The molecule has 0 bridgehead atoms. The summed E-state index contributed by atoms with van der Waals surface area (Å²) in [6, 6.07) is 3.88. The average Bonchev–Trinajstić information content (AvgIpc) is 2.45. The second-order valence-electron chi connectivity index (χ2n) is 3.71. The van der Waals surface area contributed by atoms with Crippen molar-refractivity contribution >= 4 is 12.2 Å². The molecule has 3 heteroatoms. The Labute approximate surface area is 112 Å². The zero-order chi connectivity index (χ0) is 13.2. The van der Waals surface area contributed by atoms with Crippen LogP contribution in [0, 0.1) is 0 Å². The number of hydrogen-bond acceptors (Lipinski definition) is 3. The third kappa shape index (κ3) is 4.77. The molecule has 0 unspecified atom stereocenters. The zero-order valence-corrected chi connectivity index (χ0v) is 10.5. The number of pyridine rings is 1. The molecule has 0 atom stereocenters. The number of allylic oxidation sites excluding steroid dienone is 7. The summed E-state index contributed by atoms with van der Waals surface area (Å²) in [6.07, 6.45) is 20.5. The van der Waals surface area contributed by atoms with Crippen LogP contribution in [0.25, 0.3) is 12.2 Å². The van der Waals surface area contributed by atoms with Crippen LogP contribution in [0.3, 0.4) is 0 Å². The van der Waals surface area contributed by atoms with Gasteiger partial charge in [-0.15, -0.1) is 0 Å². The third-order valence-corrected chi connectivity index (χ3v) is 2.37. The van der Waals surface area contributed by atoms with E-state index in [0.717, 1.165) is 10.6 Å². The summed E-state index contributed by atoms with van der Waals surface area (Å²) in [5.41, 5.74) is 0. The standard InChI is InChI=1S/C16H15NO2/c1-2-4-6-10-16-15(9-8-12-17-16)11-14-19-18-13-7-5-3-1/h1-13H,14H2/b2-1-,5-3-,6-4-,13-7-,15-11-,16-10+. The van der Waals surface area contributed by atoms with Gasteiger partial charge in [-0.05, 0) is 29.5 Å². The second-order valence-corrected chi connectivity index (χ2v) is 3.71. The molecule has 0 saturated heterocycles. The molecule has 0 fully saturated rings. The van der Waals surface area contributed by atoms with E-state index >= 15 is 0 Å². The number of aromatic nitrogens is 1. The van der Waals surface area contributed by atoms with Crippen molar-refractivity contribution in [2.24, 2.45) is 0 Å². The molecular weight excluding hydrogens is 238 g/mol. The molecule has 3 nitrogen and oxygen atoms in total. The number of rotatable bonds is 0. The van der Waals surface area contributed by atoms with Gasteiger partial charge in [0.25, 0.3) is 0 Å². The predicted molar refractivity (Wildman–Crippen MR) is 76.0 cm³/mol. The molecular formula is C16H15NO2. The summed E-state index contributed by atoms with van der Waals surface area (Å²) >= 11 is 0. The van der Waals surface area contributed by atoms with Crippen molar-refractivity contribution in [2.75, 3.05) is 6.61 Å². The van der Waals surface area contributed by atoms with Crippen LogP contribution in [-0.4, -0.2) is 11.6 Å². The summed E-state index contributed by atoms with van der Waals surface area (Å²) in [7, 11) is 0. The molecule has 0 radical (unpaired) electrons. The maximum atomic E-state index is 5.01. The quantitative estimate of drug-likeness (QED) is 0.661. The van der Waals surface area contributed by atoms with Gasteiger partial charge in [0.15, 0.2) is 0 Å². The van der Waals surface area contributed by atoms with E-state index in [1.165, 1.54) is 6.26 Å². The Hall–Kier alpha value is -2.39. The van der Waals surface area contributed by atoms with Crippen LogP contribution in [0.2, 0.25) is 0 Å². The van der Waals surface area contributed by atoms with Crippen molar-refractivity contribution in [3.63, 3.8) is 0 Å². The summed E-state index contributed by atoms with van der Waals surface area (Å²) < 4.78 is 0. The van der Waals surface area contributed by atoms with Crippen LogP contribution in [-0.2, 0) is 9.78 Å². The van der Waals surface area contributed by atoms with Crippen LogP contribution >= 0.6 is 0 Å². The highest BCUT2D eigenvalue weighted by molar-refractivity contribution is 5.38. The van der Waals surface area contributed by atoms with E-state index in [1.807, 2.05) is 60.7 Å². The average molecular weight is 253 g/mol. The molecule has 19 heavy (non-hydrogen) atoms. The fraction of sp³-hybridized carbons (Fsp3) is 0.0625. The Morgan fingerprint density at radius 3 is 2.63 bits per heavy atom. The molecule has 1 aromatic rings. The van der Waals surface area contributed by atoms with Crippen LogP contribution in [0.1, 0.15) is 0 Å². The molecule has 0 saturated carbocycles. The minimum Gasteiger partial charge on any atom is -0.345 e. The summed E-state index contributed by atoms with van der Waals surface area (Å²) in [5, 5.41) is 1.91. The molecule has 0 spiro atoms. The van der Waals surface area contributed by atoms with Gasteiger partial charge in [0.05, 0.1) is 5.35 Å². The summed E-state index contributed by atoms with van der Waals surface area (Å²) in [6.45, 7) is 0.364. The van der Waals surface area contributed by atoms with E-state index in [-0.39, 0.29) is 0 Å². The molecule has 0 amide bonds. The molecule has 1 aliphatic heterocycles. The number of fused-ring (bicyclic) bond motifs is 1. The minimum atomic E-state index is 0.364. The van der Waals surface area contributed by atoms with Crippen LogP contribution < -0.4 is 10.6 Å². The van der Waals surface area contributed by atoms with Crippen molar-refractivity contribution in [2.45, 2.75) is 0 Å². The lowest BCUT2D eigenvalue weighted by atomic mass is 10.3. The third-order valence-electron chi connectivity index (χ3n) is 2.37. The largest absolute Gasteiger partial charge is 0.345 e. The Morgan fingerprint density at radius 2 is 1.74 bits per heavy atom. The fourth-order valence-electron chi connectivity index (χ4n) is 1.49. The van der Waals surface area contributed by atoms with Gasteiger partial charge in [-0.1, -0.05) is 42.5 Å². The van der Waals surface area contributed by atoms with Gasteiger partial charge in [-0.25, -0.2) is 0 Å². The van der Waals surface area contributed by atoms with E-state index in [0.29, 0.717) is 6.61 Å². The first-order chi connectivity index (χ1) is 9.47. The molecule has 0 aromatic carbocycles. The highest BCUT2D eigenvalue weighted by Crippen LogP contribution is 1.86. The normalized spacial score (nSPS) is 25.7. The van der Waals surface area contributed by atoms with E-state index in [1.54, 1.807) is 12.3 Å². The van der Waals surface area contributed by atoms with Gasteiger partial charge in [0.2, 0.25) is 0 Å². The lowest BCUT2D eigenvalue weighted by molar-refractivity contribution is -0.235. The smallest absolute Gasteiger partial charge is 0.129 e. The maximum Gasteiger partial charge on any atom is 0.129 e. The first-order valence-electron chi connectivity index (χ1n) is 6.03. The Kier molecular flexibility index (Phi) is 5.39. The van der Waals surface area contributed by atoms with Crippen LogP contribution in [0.5, 0.6) is 0 Å². The van der Waals surface area contributed by atoms with Crippen molar-refractivity contribution in [1.29, 1.82) is 0 Å². The molecule has 0 aliphatic carbocycles. The molecule has 0 N–H and O–H groups in total. The topological polar surface area (TPSA) is 31.4 Å². The van der Waals surface area contributed by atoms with E-state index < -0.39 is 0 Å². The SMILES string of the molecule is C1=C\C=C/C=c2/nccc/c2=C/COO/C=C\C=C/1. The van der Waals surface area contributed by atoms with E-state index in [4.69, 9.17) is 9.78 Å². The molecule has 2 rings (SSSR count). The van der Waals surface area contributed by atoms with Gasteiger partial charge in [-0.3, -0.25) is 4.98 Å². The van der Waals surface area contributed by atoms with Crippen molar-refractivity contribution < 1.29 is 9.78 Å². The van der Waals surface area contributed by atoms with Gasteiger partial charge in [0, 0.05) is 6.20 Å². The molecule has 1 aromatic heterocycles. The van der Waals surface area contributed by atoms with Gasteiger partial charge in [-0.2, -0.15) is 4.89 Å². The van der Waals surface area contributed by atoms with Crippen molar-refractivity contribution in [3.05, 3.63) is 77.7 Å². The fourth-order valence-corrected chi connectivity index (χ4v) is 1.49. The zero-order valence-electron chi connectivity index (χ0n) is 10.5. The lowest BCUT2D eigenvalue weighted by Gasteiger charge is -1.95. The summed E-state index contributed by atoms with van der Waals surface area (Å²) in [4.78, 5) is 14.2. The second kappa shape index (κ2) is 7.84. The Bertz CT molecular complexity index is 624. The summed E-state index contributed by atoms with van der Waals surface area (Å²) in [5.74, 6) is 0. The predicted octanol–water partition coefficient (Wildman–Crippen LogP) is 1.79. The highest BCUT2D eigenvalue weighted by atomic mass is 17.2. The first-order valence-corrected chi connectivity index (χ1v) is 6.03. The van der Waals surface area contributed by atoms with Crippen LogP contribution in [0.4, 0.5) is 0 Å². The van der Waals surface area contributed by atoms with Gasteiger partial charge < -0.3 is 4.89 Å². The monoisotopic (exact) mass is 253 g/mol. The minimum absolute atomic E-state index is 0.364. The maximum absolute atomic E-state index is 5.01. The van der Waals surface area contributed by atoms with Crippen molar-refractivity contribution in [3.8, 4) is 0 Å². The van der Waals surface area contributed by atoms with Crippen LogP contribution in [0.15, 0.2) is 67.1 Å². The molecule has 1 aliphatic rings. The lowest BCUT2D eigenvalue weighted by Crippen LogP contribution is -2.27. The van der Waals surface area contributed by atoms with Crippen molar-refractivity contribution in [1.82, 2.24) is 4.98 Å². The van der Waals surface area contributed by atoms with Gasteiger partial charge in [0.1, 0.15) is 12.9 Å². The first kappa shape index (κ1) is 13.1. The van der Waals surface area contributed by atoms with E-state index in [9.17, 15) is 0 Å². The van der Waals surface area contributed by atoms with Gasteiger partial charge >= 0.3 is 0 Å². The van der Waals surface area contributed by atoms with E-state index in [2.05, 4.69) is 4.98 Å². The number of hydrogen-bond donors (Lipinski definition) is 0.